The Bertz CT molecular complexity index is 809. The topological polar surface area (TPSA) is 35.5 Å². The van der Waals surface area contributed by atoms with E-state index in [-0.39, 0.29) is 5.76 Å². The quantitative estimate of drug-likeness (QED) is 0.716. The molecule has 0 fully saturated rings. The smallest absolute Gasteiger partial charge is 0.375 e. The molecule has 25 heavy (non-hydrogen) atoms. The van der Waals surface area contributed by atoms with Gasteiger partial charge in [0.2, 0.25) is 5.76 Å². The van der Waals surface area contributed by atoms with E-state index >= 15 is 0 Å². The van der Waals surface area contributed by atoms with E-state index in [4.69, 9.17) is 9.47 Å². The second kappa shape index (κ2) is 6.40. The molecule has 1 heterocycles. The summed E-state index contributed by atoms with van der Waals surface area (Å²) in [5.74, 6) is 0.935. The van der Waals surface area contributed by atoms with Crippen molar-refractivity contribution >= 4 is 11.5 Å². The van der Waals surface area contributed by atoms with Crippen LogP contribution in [-0.4, -0.2) is 11.6 Å². The fraction of sp³-hybridized carbons (Fsp3) is 0.318. The maximum Gasteiger partial charge on any atom is 0.375 e. The van der Waals surface area contributed by atoms with Crippen LogP contribution in [0.1, 0.15) is 50.3 Å². The summed E-state index contributed by atoms with van der Waals surface area (Å²) >= 11 is 0. The Labute approximate surface area is 149 Å². The lowest BCUT2D eigenvalue weighted by atomic mass is 9.91. The van der Waals surface area contributed by atoms with Crippen LogP contribution >= 0.6 is 0 Å². The highest BCUT2D eigenvalue weighted by Crippen LogP contribution is 2.40. The third-order valence-electron chi connectivity index (χ3n) is 4.47. The molecule has 0 spiro atoms. The van der Waals surface area contributed by atoms with Gasteiger partial charge < -0.3 is 9.47 Å². The SMILES string of the molecule is Cc1ccc(C2=C(Oc3ccc(C(C)C)cc3)C(=O)OC2(C)C)cc1. The fourth-order valence-corrected chi connectivity index (χ4v) is 3.03. The fourth-order valence-electron chi connectivity index (χ4n) is 3.03. The van der Waals surface area contributed by atoms with Crippen LogP contribution in [0.4, 0.5) is 0 Å². The third kappa shape index (κ3) is 3.46. The van der Waals surface area contributed by atoms with Gasteiger partial charge in [0.1, 0.15) is 11.4 Å². The number of rotatable bonds is 4. The van der Waals surface area contributed by atoms with E-state index < -0.39 is 11.6 Å². The normalized spacial score (nSPS) is 16.3. The summed E-state index contributed by atoms with van der Waals surface area (Å²) in [7, 11) is 0. The van der Waals surface area contributed by atoms with Crippen LogP contribution in [-0.2, 0) is 9.53 Å². The van der Waals surface area contributed by atoms with Gasteiger partial charge in [-0.15, -0.1) is 0 Å². The number of hydrogen-bond donors (Lipinski definition) is 0. The van der Waals surface area contributed by atoms with Gasteiger partial charge in [-0.25, -0.2) is 4.79 Å². The maximum atomic E-state index is 12.4. The molecule has 3 rings (SSSR count). The average Bonchev–Trinajstić information content (AvgIpc) is 2.77. The number of carbonyl (C=O) groups excluding carboxylic acids is 1. The minimum atomic E-state index is -0.723. The molecule has 3 nitrogen and oxygen atoms in total. The summed E-state index contributed by atoms with van der Waals surface area (Å²) < 4.78 is 11.5. The predicted molar refractivity (Wildman–Crippen MR) is 99.4 cm³/mol. The molecule has 0 unspecified atom stereocenters. The number of carbonyl (C=O) groups is 1. The van der Waals surface area contributed by atoms with Gasteiger partial charge in [-0.2, -0.15) is 0 Å². The molecule has 1 aliphatic heterocycles. The molecule has 0 radical (unpaired) electrons. The second-order valence-corrected chi connectivity index (χ2v) is 7.30. The average molecular weight is 336 g/mol. The molecule has 1 aliphatic rings. The van der Waals surface area contributed by atoms with E-state index in [0.717, 1.165) is 11.1 Å². The number of cyclic esters (lactones) is 1. The Kier molecular flexibility index (Phi) is 4.42. The summed E-state index contributed by atoms with van der Waals surface area (Å²) in [4.78, 5) is 12.4. The van der Waals surface area contributed by atoms with E-state index in [1.165, 1.54) is 11.1 Å². The Morgan fingerprint density at radius 1 is 0.960 bits per heavy atom. The lowest BCUT2D eigenvalue weighted by Gasteiger charge is -2.21. The number of hydrogen-bond acceptors (Lipinski definition) is 3. The highest BCUT2D eigenvalue weighted by atomic mass is 16.6. The summed E-state index contributed by atoms with van der Waals surface area (Å²) in [6.07, 6.45) is 0. The van der Waals surface area contributed by atoms with Gasteiger partial charge in [0, 0.05) is 0 Å². The molecule has 0 aromatic heterocycles. The zero-order chi connectivity index (χ0) is 18.2. The van der Waals surface area contributed by atoms with Crippen molar-refractivity contribution in [2.75, 3.05) is 0 Å². The molecule has 0 saturated carbocycles. The minimum absolute atomic E-state index is 0.270. The van der Waals surface area contributed by atoms with Crippen LogP contribution in [0.5, 0.6) is 5.75 Å². The number of benzene rings is 2. The van der Waals surface area contributed by atoms with Crippen LogP contribution in [0.15, 0.2) is 54.3 Å². The maximum absolute atomic E-state index is 12.4. The van der Waals surface area contributed by atoms with Gasteiger partial charge in [0.05, 0.1) is 5.57 Å². The van der Waals surface area contributed by atoms with Gasteiger partial charge in [-0.05, 0) is 49.9 Å². The van der Waals surface area contributed by atoms with Gasteiger partial charge in [0.25, 0.3) is 0 Å². The molecule has 0 N–H and O–H groups in total. The number of aryl methyl sites for hydroxylation is 1. The van der Waals surface area contributed by atoms with Crippen molar-refractivity contribution in [1.82, 2.24) is 0 Å². The van der Waals surface area contributed by atoms with Gasteiger partial charge in [-0.1, -0.05) is 55.8 Å². The lowest BCUT2D eigenvalue weighted by Crippen LogP contribution is -2.22. The Morgan fingerprint density at radius 2 is 1.56 bits per heavy atom. The predicted octanol–water partition coefficient (Wildman–Crippen LogP) is 5.24. The molecule has 0 amide bonds. The molecule has 0 saturated heterocycles. The molecule has 0 atom stereocenters. The molecular formula is C22H24O3. The minimum Gasteiger partial charge on any atom is -0.449 e. The standard InChI is InChI=1S/C22H24O3/c1-14(2)16-10-12-18(13-11-16)24-20-19(22(4,5)25-21(20)23)17-8-6-15(3)7-9-17/h6-14H,1-5H3. The van der Waals surface area contributed by atoms with Crippen molar-refractivity contribution in [2.45, 2.75) is 46.1 Å². The Hall–Kier alpha value is -2.55. The van der Waals surface area contributed by atoms with Crippen LogP contribution in [0.3, 0.4) is 0 Å². The summed E-state index contributed by atoms with van der Waals surface area (Å²) in [5.41, 5.74) is 3.40. The first-order valence-corrected chi connectivity index (χ1v) is 8.61. The molecular weight excluding hydrogens is 312 g/mol. The molecule has 130 valence electrons. The van der Waals surface area contributed by atoms with Crippen molar-refractivity contribution in [1.29, 1.82) is 0 Å². The van der Waals surface area contributed by atoms with Crippen molar-refractivity contribution in [3.63, 3.8) is 0 Å². The van der Waals surface area contributed by atoms with Gasteiger partial charge in [-0.3, -0.25) is 0 Å². The molecule has 2 aromatic carbocycles. The Morgan fingerprint density at radius 3 is 2.12 bits per heavy atom. The number of esters is 1. The summed E-state index contributed by atoms with van der Waals surface area (Å²) in [5, 5.41) is 0. The van der Waals surface area contributed by atoms with Crippen LogP contribution in [0.2, 0.25) is 0 Å². The summed E-state index contributed by atoms with van der Waals surface area (Å²) in [6, 6.07) is 15.9. The second-order valence-electron chi connectivity index (χ2n) is 7.30. The van der Waals surface area contributed by atoms with E-state index in [2.05, 4.69) is 13.8 Å². The third-order valence-corrected chi connectivity index (χ3v) is 4.47. The van der Waals surface area contributed by atoms with Crippen molar-refractivity contribution in [3.8, 4) is 5.75 Å². The lowest BCUT2D eigenvalue weighted by molar-refractivity contribution is -0.145. The van der Waals surface area contributed by atoms with Crippen LogP contribution < -0.4 is 4.74 Å². The molecule has 3 heteroatoms. The first-order valence-electron chi connectivity index (χ1n) is 8.61. The van der Waals surface area contributed by atoms with Crippen molar-refractivity contribution in [3.05, 3.63) is 71.0 Å². The molecule has 0 bridgehead atoms. The zero-order valence-corrected chi connectivity index (χ0v) is 15.4. The highest BCUT2D eigenvalue weighted by Gasteiger charge is 2.43. The molecule has 2 aromatic rings. The highest BCUT2D eigenvalue weighted by molar-refractivity contribution is 6.02. The van der Waals surface area contributed by atoms with E-state index in [0.29, 0.717) is 11.7 Å². The number of ether oxygens (including phenoxy) is 2. The molecule has 0 aliphatic carbocycles. The van der Waals surface area contributed by atoms with Crippen molar-refractivity contribution < 1.29 is 14.3 Å². The van der Waals surface area contributed by atoms with Gasteiger partial charge >= 0.3 is 5.97 Å². The summed E-state index contributed by atoms with van der Waals surface area (Å²) in [6.45, 7) is 10.1. The first kappa shape index (κ1) is 17.3. The zero-order valence-electron chi connectivity index (χ0n) is 15.4. The van der Waals surface area contributed by atoms with Crippen LogP contribution in [0, 0.1) is 6.92 Å². The largest absolute Gasteiger partial charge is 0.449 e. The van der Waals surface area contributed by atoms with E-state index in [1.807, 2.05) is 69.3 Å². The van der Waals surface area contributed by atoms with Crippen molar-refractivity contribution in [2.24, 2.45) is 0 Å². The van der Waals surface area contributed by atoms with Gasteiger partial charge in [0.15, 0.2) is 0 Å². The first-order chi connectivity index (χ1) is 11.8. The Balaban J connectivity index is 2.01. The van der Waals surface area contributed by atoms with Crippen LogP contribution in [0.25, 0.3) is 5.57 Å². The van der Waals surface area contributed by atoms with E-state index in [9.17, 15) is 4.79 Å². The van der Waals surface area contributed by atoms with E-state index in [1.54, 1.807) is 0 Å². The monoisotopic (exact) mass is 336 g/mol.